The van der Waals surface area contributed by atoms with Crippen LogP contribution < -0.4 is 4.74 Å². The van der Waals surface area contributed by atoms with Gasteiger partial charge in [0.05, 0.1) is 19.6 Å². The zero-order valence-electron chi connectivity index (χ0n) is 17.9. The third-order valence-electron chi connectivity index (χ3n) is 5.93. The summed E-state index contributed by atoms with van der Waals surface area (Å²) in [6, 6.07) is 14.5. The van der Waals surface area contributed by atoms with Crippen LogP contribution in [-0.2, 0) is 16.1 Å². The highest BCUT2D eigenvalue weighted by atomic mass is 16.5. The molecule has 2 aromatic carbocycles. The Morgan fingerprint density at radius 3 is 2.57 bits per heavy atom. The number of hydrogen-bond donors (Lipinski definition) is 0. The van der Waals surface area contributed by atoms with E-state index in [0.29, 0.717) is 6.61 Å². The summed E-state index contributed by atoms with van der Waals surface area (Å²) in [6.07, 6.45) is 1.67. The van der Waals surface area contributed by atoms with Gasteiger partial charge in [-0.2, -0.15) is 0 Å². The maximum atomic E-state index is 12.0. The molecule has 5 nitrogen and oxygen atoms in total. The summed E-state index contributed by atoms with van der Waals surface area (Å²) < 4.78 is 17.0. The average Bonchev–Trinajstić information content (AvgIpc) is 3.09. The van der Waals surface area contributed by atoms with Gasteiger partial charge in [-0.15, -0.1) is 0 Å². The monoisotopic (exact) mass is 407 g/mol. The lowest BCUT2D eigenvalue weighted by atomic mass is 9.96. The zero-order chi connectivity index (χ0) is 21.1. The molecular formula is C25H29NO4. The molecule has 1 aliphatic heterocycles. The van der Waals surface area contributed by atoms with Gasteiger partial charge in [-0.3, -0.25) is 9.69 Å². The fraction of sp³-hybridized carbons (Fsp3) is 0.400. The second-order valence-corrected chi connectivity index (χ2v) is 7.86. The van der Waals surface area contributed by atoms with E-state index < -0.39 is 0 Å². The van der Waals surface area contributed by atoms with E-state index in [0.717, 1.165) is 71.6 Å². The fourth-order valence-electron chi connectivity index (χ4n) is 4.39. The maximum absolute atomic E-state index is 12.0. The van der Waals surface area contributed by atoms with Gasteiger partial charge in [0.15, 0.2) is 0 Å². The number of esters is 1. The molecule has 1 saturated heterocycles. The normalized spacial score (nSPS) is 15.4. The van der Waals surface area contributed by atoms with Gasteiger partial charge in [-0.05, 0) is 57.5 Å². The Hall–Kier alpha value is -2.79. The van der Waals surface area contributed by atoms with Crippen molar-refractivity contribution in [1.82, 2.24) is 4.90 Å². The highest BCUT2D eigenvalue weighted by Gasteiger charge is 2.26. The number of methoxy groups -OCH3 is 1. The molecule has 0 aliphatic carbocycles. The van der Waals surface area contributed by atoms with Gasteiger partial charge in [0, 0.05) is 23.1 Å². The lowest BCUT2D eigenvalue weighted by molar-refractivity contribution is -0.149. The number of hydrogen-bond acceptors (Lipinski definition) is 5. The van der Waals surface area contributed by atoms with Crippen molar-refractivity contribution in [2.45, 2.75) is 33.2 Å². The summed E-state index contributed by atoms with van der Waals surface area (Å²) in [6.45, 7) is 6.83. The third kappa shape index (κ3) is 4.08. The van der Waals surface area contributed by atoms with Crippen molar-refractivity contribution >= 4 is 16.9 Å². The van der Waals surface area contributed by atoms with E-state index in [1.807, 2.05) is 32.0 Å². The van der Waals surface area contributed by atoms with Gasteiger partial charge >= 0.3 is 5.97 Å². The Balaban J connectivity index is 1.56. The molecule has 3 aromatic rings. The summed E-state index contributed by atoms with van der Waals surface area (Å²) in [7, 11) is 1.72. The second-order valence-electron chi connectivity index (χ2n) is 7.86. The molecule has 5 heteroatoms. The number of benzene rings is 2. The van der Waals surface area contributed by atoms with Gasteiger partial charge in [0.25, 0.3) is 0 Å². The average molecular weight is 408 g/mol. The number of likely N-dealkylation sites (tertiary alicyclic amines) is 1. The molecule has 0 atom stereocenters. The quantitative estimate of drug-likeness (QED) is 0.526. The van der Waals surface area contributed by atoms with Crippen LogP contribution >= 0.6 is 0 Å². The van der Waals surface area contributed by atoms with Crippen molar-refractivity contribution in [2.75, 3.05) is 26.8 Å². The van der Waals surface area contributed by atoms with Crippen LogP contribution in [0, 0.1) is 12.8 Å². The SMILES string of the molecule is CCOC(=O)C1CCN(Cc2cc3oc(C)c(-c4ccccc4)c3cc2OC)CC1. The minimum absolute atomic E-state index is 0.0201. The van der Waals surface area contributed by atoms with Crippen LogP contribution in [0.1, 0.15) is 31.1 Å². The van der Waals surface area contributed by atoms with Crippen molar-refractivity contribution in [3.8, 4) is 16.9 Å². The summed E-state index contributed by atoms with van der Waals surface area (Å²) in [5.41, 5.74) is 4.24. The van der Waals surface area contributed by atoms with Crippen molar-refractivity contribution < 1.29 is 18.7 Å². The molecule has 4 rings (SSSR count). The van der Waals surface area contributed by atoms with Crippen LogP contribution in [-0.4, -0.2) is 37.7 Å². The van der Waals surface area contributed by atoms with Crippen molar-refractivity contribution in [1.29, 1.82) is 0 Å². The molecule has 1 fully saturated rings. The molecular weight excluding hydrogens is 378 g/mol. The molecule has 0 unspecified atom stereocenters. The van der Waals surface area contributed by atoms with Crippen LogP contribution in [0.4, 0.5) is 0 Å². The first-order valence-electron chi connectivity index (χ1n) is 10.6. The van der Waals surface area contributed by atoms with Crippen molar-refractivity contribution in [2.24, 2.45) is 5.92 Å². The molecule has 0 saturated carbocycles. The van der Waals surface area contributed by atoms with E-state index in [1.54, 1.807) is 7.11 Å². The van der Waals surface area contributed by atoms with Gasteiger partial charge in [-0.1, -0.05) is 30.3 Å². The molecule has 0 N–H and O–H groups in total. The molecule has 1 aliphatic rings. The van der Waals surface area contributed by atoms with Gasteiger partial charge in [-0.25, -0.2) is 0 Å². The number of ether oxygens (including phenoxy) is 2. The molecule has 1 aromatic heterocycles. The summed E-state index contributed by atoms with van der Waals surface area (Å²) >= 11 is 0. The predicted octanol–water partition coefficient (Wildman–Crippen LogP) is 5.19. The second kappa shape index (κ2) is 8.92. The van der Waals surface area contributed by atoms with Crippen LogP contribution in [0.25, 0.3) is 22.1 Å². The Kier molecular flexibility index (Phi) is 6.09. The van der Waals surface area contributed by atoms with E-state index in [1.165, 1.54) is 0 Å². The van der Waals surface area contributed by atoms with E-state index in [4.69, 9.17) is 13.9 Å². The standard InChI is InChI=1S/C25H29NO4/c1-4-29-25(27)19-10-12-26(13-11-19)16-20-14-23-21(15-22(20)28-3)24(17(2)30-23)18-8-6-5-7-9-18/h5-9,14-15,19H,4,10-13,16H2,1-3H3. The summed E-state index contributed by atoms with van der Waals surface area (Å²) in [4.78, 5) is 14.4. The van der Waals surface area contributed by atoms with E-state index >= 15 is 0 Å². The van der Waals surface area contributed by atoms with Crippen LogP contribution in [0.3, 0.4) is 0 Å². The first kappa shape index (κ1) is 20.5. The molecule has 30 heavy (non-hydrogen) atoms. The van der Waals surface area contributed by atoms with Gasteiger partial charge in [0.1, 0.15) is 17.1 Å². The summed E-state index contributed by atoms with van der Waals surface area (Å²) in [5.74, 6) is 1.74. The number of fused-ring (bicyclic) bond motifs is 1. The largest absolute Gasteiger partial charge is 0.496 e. The zero-order valence-corrected chi connectivity index (χ0v) is 17.9. The molecule has 2 heterocycles. The topological polar surface area (TPSA) is 51.9 Å². The number of aryl methyl sites for hydroxylation is 1. The number of furan rings is 1. The molecule has 0 amide bonds. The minimum atomic E-state index is -0.0596. The Morgan fingerprint density at radius 2 is 1.90 bits per heavy atom. The minimum Gasteiger partial charge on any atom is -0.496 e. The molecule has 0 radical (unpaired) electrons. The van der Waals surface area contributed by atoms with Crippen LogP contribution in [0.2, 0.25) is 0 Å². The van der Waals surface area contributed by atoms with E-state index in [2.05, 4.69) is 29.2 Å². The van der Waals surface area contributed by atoms with E-state index in [-0.39, 0.29) is 11.9 Å². The summed E-state index contributed by atoms with van der Waals surface area (Å²) in [5, 5.41) is 1.07. The molecule has 0 spiro atoms. The third-order valence-corrected chi connectivity index (χ3v) is 5.93. The lowest BCUT2D eigenvalue weighted by Gasteiger charge is -2.31. The van der Waals surface area contributed by atoms with Crippen LogP contribution in [0.15, 0.2) is 46.9 Å². The maximum Gasteiger partial charge on any atom is 0.309 e. The Labute approximate surface area is 177 Å². The van der Waals surface area contributed by atoms with Crippen molar-refractivity contribution in [3.05, 3.63) is 53.8 Å². The first-order valence-corrected chi connectivity index (χ1v) is 10.6. The van der Waals surface area contributed by atoms with Crippen molar-refractivity contribution in [3.63, 3.8) is 0 Å². The fourth-order valence-corrected chi connectivity index (χ4v) is 4.39. The number of piperidine rings is 1. The van der Waals surface area contributed by atoms with Gasteiger partial charge < -0.3 is 13.9 Å². The lowest BCUT2D eigenvalue weighted by Crippen LogP contribution is -2.36. The molecule has 158 valence electrons. The number of nitrogens with zero attached hydrogens (tertiary/aromatic N) is 1. The predicted molar refractivity (Wildman–Crippen MR) is 118 cm³/mol. The highest BCUT2D eigenvalue weighted by Crippen LogP contribution is 2.38. The smallest absolute Gasteiger partial charge is 0.309 e. The van der Waals surface area contributed by atoms with E-state index in [9.17, 15) is 4.79 Å². The number of rotatable bonds is 6. The Morgan fingerprint density at radius 1 is 1.17 bits per heavy atom. The first-order chi connectivity index (χ1) is 14.6. The highest BCUT2D eigenvalue weighted by molar-refractivity contribution is 5.97. The number of carbonyl (C=O) groups is 1. The van der Waals surface area contributed by atoms with Crippen LogP contribution in [0.5, 0.6) is 5.75 Å². The molecule has 0 bridgehead atoms. The van der Waals surface area contributed by atoms with Gasteiger partial charge in [0.2, 0.25) is 0 Å². The number of carbonyl (C=O) groups excluding carboxylic acids is 1. The Bertz CT molecular complexity index is 1020.